The molecule has 0 aromatic rings. The highest BCUT2D eigenvalue weighted by atomic mass is 16.1. The normalized spacial score (nSPS) is 53.6. The van der Waals surface area contributed by atoms with Crippen LogP contribution in [0.5, 0.6) is 0 Å². The molecule has 0 aromatic carbocycles. The molecule has 0 saturated heterocycles. The van der Waals surface area contributed by atoms with Crippen LogP contribution >= 0.6 is 0 Å². The number of carbonyl (C=O) groups excluding carboxylic acids is 1. The molecule has 1 heteroatoms. The zero-order chi connectivity index (χ0) is 7.47. The van der Waals surface area contributed by atoms with E-state index in [1.54, 1.807) is 0 Å². The number of fused-ring (bicyclic) bond motifs is 3. The molecule has 0 aromatic heterocycles. The van der Waals surface area contributed by atoms with Crippen molar-refractivity contribution in [2.24, 2.45) is 17.3 Å². The average Bonchev–Trinajstić information content (AvgIpc) is 2.60. The molecule has 0 unspecified atom stereocenters. The molecule has 60 valence electrons. The summed E-state index contributed by atoms with van der Waals surface area (Å²) in [5, 5.41) is 0. The quantitative estimate of drug-likeness (QED) is 0.517. The molecule has 3 rings (SSSR count). The second-order valence-corrected chi connectivity index (χ2v) is 4.66. The van der Waals surface area contributed by atoms with Crippen LogP contribution in [0, 0.1) is 17.3 Å². The van der Waals surface area contributed by atoms with Crippen molar-refractivity contribution in [2.75, 3.05) is 0 Å². The lowest BCUT2D eigenvalue weighted by Gasteiger charge is -2.43. The van der Waals surface area contributed by atoms with E-state index in [1.807, 2.05) is 0 Å². The summed E-state index contributed by atoms with van der Waals surface area (Å²) in [5.41, 5.74) is 0.253. The third-order valence-corrected chi connectivity index (χ3v) is 4.33. The first kappa shape index (κ1) is 6.22. The molecule has 3 saturated carbocycles. The second-order valence-electron chi connectivity index (χ2n) is 4.66. The van der Waals surface area contributed by atoms with Crippen molar-refractivity contribution in [3.63, 3.8) is 0 Å². The monoisotopic (exact) mass is 150 g/mol. The summed E-state index contributed by atoms with van der Waals surface area (Å²) in [7, 11) is 0. The Morgan fingerprint density at radius 1 is 1.36 bits per heavy atom. The van der Waals surface area contributed by atoms with E-state index in [4.69, 9.17) is 0 Å². The van der Waals surface area contributed by atoms with E-state index in [0.717, 1.165) is 18.3 Å². The Morgan fingerprint density at radius 2 is 2.27 bits per heavy atom. The third kappa shape index (κ3) is 0.567. The summed E-state index contributed by atoms with van der Waals surface area (Å²) in [6, 6.07) is 0. The Hall–Kier alpha value is -0.330. The van der Waals surface area contributed by atoms with E-state index in [0.29, 0.717) is 5.78 Å². The molecule has 3 atom stereocenters. The zero-order valence-electron chi connectivity index (χ0n) is 6.81. The van der Waals surface area contributed by atoms with Crippen molar-refractivity contribution in [2.45, 2.75) is 38.5 Å². The van der Waals surface area contributed by atoms with Gasteiger partial charge in [-0.3, -0.25) is 4.79 Å². The topological polar surface area (TPSA) is 17.1 Å². The lowest BCUT2D eigenvalue weighted by molar-refractivity contribution is -0.142. The first-order chi connectivity index (χ1) is 5.31. The van der Waals surface area contributed by atoms with Gasteiger partial charge < -0.3 is 0 Å². The van der Waals surface area contributed by atoms with E-state index < -0.39 is 0 Å². The van der Waals surface area contributed by atoms with Gasteiger partial charge in [-0.25, -0.2) is 0 Å². The van der Waals surface area contributed by atoms with Crippen molar-refractivity contribution in [3.05, 3.63) is 0 Å². The van der Waals surface area contributed by atoms with Crippen molar-refractivity contribution in [1.29, 1.82) is 0 Å². The number of Topliss-reactive ketones (excluding diaryl/α,β-unsaturated/α-hetero) is 1. The fourth-order valence-corrected chi connectivity index (χ4v) is 3.64. The van der Waals surface area contributed by atoms with E-state index >= 15 is 0 Å². The predicted molar refractivity (Wildman–Crippen MR) is 42.1 cm³/mol. The highest BCUT2D eigenvalue weighted by molar-refractivity contribution is 5.91. The fourth-order valence-electron chi connectivity index (χ4n) is 3.64. The molecule has 0 amide bonds. The lowest BCUT2D eigenvalue weighted by atomic mass is 9.59. The van der Waals surface area contributed by atoms with Gasteiger partial charge in [0.05, 0.1) is 0 Å². The SMILES string of the molecule is O=C1CC[C@@]12C[C@@H]1CC[C@H]2C1. The zero-order valence-corrected chi connectivity index (χ0v) is 6.81. The van der Waals surface area contributed by atoms with Crippen LogP contribution in [0.15, 0.2) is 0 Å². The Morgan fingerprint density at radius 3 is 2.55 bits per heavy atom. The molecule has 3 aliphatic carbocycles. The maximum atomic E-state index is 11.4. The Balaban J connectivity index is 1.95. The molecule has 0 heterocycles. The van der Waals surface area contributed by atoms with Crippen LogP contribution in [0.2, 0.25) is 0 Å². The first-order valence-corrected chi connectivity index (χ1v) is 4.84. The summed E-state index contributed by atoms with van der Waals surface area (Å²) >= 11 is 0. The molecule has 2 bridgehead atoms. The van der Waals surface area contributed by atoms with Gasteiger partial charge in [0, 0.05) is 11.8 Å². The van der Waals surface area contributed by atoms with E-state index in [-0.39, 0.29) is 5.41 Å². The molecule has 1 nitrogen and oxygen atoms in total. The minimum atomic E-state index is 0.253. The molecular formula is C10H14O. The van der Waals surface area contributed by atoms with Gasteiger partial charge in [0.1, 0.15) is 5.78 Å². The average molecular weight is 150 g/mol. The van der Waals surface area contributed by atoms with Crippen LogP contribution in [0.4, 0.5) is 0 Å². The van der Waals surface area contributed by atoms with Crippen LogP contribution in [0.25, 0.3) is 0 Å². The smallest absolute Gasteiger partial charge is 0.139 e. The van der Waals surface area contributed by atoms with Gasteiger partial charge >= 0.3 is 0 Å². The summed E-state index contributed by atoms with van der Waals surface area (Å²) in [6.45, 7) is 0. The van der Waals surface area contributed by atoms with E-state index in [1.165, 1.54) is 32.1 Å². The highest BCUT2D eigenvalue weighted by Gasteiger charge is 2.58. The summed E-state index contributed by atoms with van der Waals surface area (Å²) in [4.78, 5) is 11.4. The Kier molecular flexibility index (Phi) is 0.961. The van der Waals surface area contributed by atoms with Crippen molar-refractivity contribution in [3.8, 4) is 0 Å². The molecule has 3 aliphatic rings. The van der Waals surface area contributed by atoms with Crippen LogP contribution in [0.1, 0.15) is 38.5 Å². The number of ketones is 1. The maximum absolute atomic E-state index is 11.4. The minimum Gasteiger partial charge on any atom is -0.299 e. The molecule has 0 N–H and O–H groups in total. The van der Waals surface area contributed by atoms with Gasteiger partial charge in [-0.15, -0.1) is 0 Å². The first-order valence-electron chi connectivity index (χ1n) is 4.84. The summed E-state index contributed by atoms with van der Waals surface area (Å²) in [5.74, 6) is 2.35. The fraction of sp³-hybridized carbons (Fsp3) is 0.900. The molecule has 0 radical (unpaired) electrons. The Bertz CT molecular complexity index is 221. The van der Waals surface area contributed by atoms with E-state index in [2.05, 4.69) is 0 Å². The number of hydrogen-bond acceptors (Lipinski definition) is 1. The van der Waals surface area contributed by atoms with Gasteiger partial charge in [-0.1, -0.05) is 6.42 Å². The molecule has 11 heavy (non-hydrogen) atoms. The van der Waals surface area contributed by atoms with Crippen molar-refractivity contribution in [1.82, 2.24) is 0 Å². The largest absolute Gasteiger partial charge is 0.299 e. The molecule has 1 spiro atoms. The summed E-state index contributed by atoms with van der Waals surface area (Å²) < 4.78 is 0. The van der Waals surface area contributed by atoms with Crippen LogP contribution < -0.4 is 0 Å². The van der Waals surface area contributed by atoms with Gasteiger partial charge in [-0.2, -0.15) is 0 Å². The summed E-state index contributed by atoms with van der Waals surface area (Å²) in [6.07, 6.45) is 7.54. The van der Waals surface area contributed by atoms with Gasteiger partial charge in [-0.05, 0) is 37.5 Å². The molecule has 3 fully saturated rings. The molecular weight excluding hydrogens is 136 g/mol. The predicted octanol–water partition coefficient (Wildman–Crippen LogP) is 2.16. The van der Waals surface area contributed by atoms with E-state index in [9.17, 15) is 4.79 Å². The third-order valence-electron chi connectivity index (χ3n) is 4.33. The van der Waals surface area contributed by atoms with Gasteiger partial charge in [0.2, 0.25) is 0 Å². The Labute approximate surface area is 67.2 Å². The maximum Gasteiger partial charge on any atom is 0.139 e. The van der Waals surface area contributed by atoms with Crippen LogP contribution in [-0.4, -0.2) is 5.78 Å². The number of rotatable bonds is 0. The number of hydrogen-bond donors (Lipinski definition) is 0. The van der Waals surface area contributed by atoms with Crippen LogP contribution in [-0.2, 0) is 4.79 Å². The van der Waals surface area contributed by atoms with Crippen LogP contribution in [0.3, 0.4) is 0 Å². The van der Waals surface area contributed by atoms with Crippen molar-refractivity contribution < 1.29 is 4.79 Å². The standard InChI is InChI=1S/C10H14O/c11-9-3-4-10(9)6-7-1-2-8(10)5-7/h7-8H,1-6H2/t7-,8+,10+/m1/s1. The van der Waals surface area contributed by atoms with Gasteiger partial charge in [0.25, 0.3) is 0 Å². The second kappa shape index (κ2) is 1.70. The van der Waals surface area contributed by atoms with Crippen molar-refractivity contribution >= 4 is 5.78 Å². The molecule has 0 aliphatic heterocycles. The van der Waals surface area contributed by atoms with Gasteiger partial charge in [0.15, 0.2) is 0 Å². The number of carbonyl (C=O) groups is 1. The minimum absolute atomic E-state index is 0.253. The highest BCUT2D eigenvalue weighted by Crippen LogP contribution is 2.62. The lowest BCUT2D eigenvalue weighted by Crippen LogP contribution is -2.44.